The Bertz CT molecular complexity index is 575. The number of guanidine groups is 1. The summed E-state index contributed by atoms with van der Waals surface area (Å²) in [4.78, 5) is 18.9. The van der Waals surface area contributed by atoms with Gasteiger partial charge in [-0.2, -0.15) is 0 Å². The third-order valence-corrected chi connectivity index (χ3v) is 3.76. The van der Waals surface area contributed by atoms with Gasteiger partial charge in [0.1, 0.15) is 0 Å². The second-order valence-electron chi connectivity index (χ2n) is 6.43. The van der Waals surface area contributed by atoms with Crippen LogP contribution in [0.2, 0.25) is 0 Å². The van der Waals surface area contributed by atoms with Crippen LogP contribution in [-0.4, -0.2) is 70.3 Å². The molecule has 0 aliphatic heterocycles. The molecule has 3 N–H and O–H groups in total. The van der Waals surface area contributed by atoms with Gasteiger partial charge >= 0.3 is 0 Å². The molecule has 0 radical (unpaired) electrons. The fraction of sp³-hybridized carbons (Fsp3) is 0.600. The van der Waals surface area contributed by atoms with E-state index in [1.807, 2.05) is 57.1 Å². The SMILES string of the molecule is CCNC(=NCc1cccc(C(=O)NCCN(C)C)c1)NCCCOCC. The van der Waals surface area contributed by atoms with E-state index < -0.39 is 0 Å². The molecule has 0 saturated carbocycles. The van der Waals surface area contributed by atoms with Gasteiger partial charge in [-0.3, -0.25) is 4.79 Å². The Balaban J connectivity index is 2.56. The van der Waals surface area contributed by atoms with Gasteiger partial charge in [-0.1, -0.05) is 12.1 Å². The maximum atomic E-state index is 12.2. The summed E-state index contributed by atoms with van der Waals surface area (Å²) in [7, 11) is 3.97. The number of rotatable bonds is 12. The lowest BCUT2D eigenvalue weighted by Crippen LogP contribution is -2.38. The Morgan fingerprint density at radius 3 is 2.67 bits per heavy atom. The van der Waals surface area contributed by atoms with E-state index in [0.717, 1.165) is 50.8 Å². The van der Waals surface area contributed by atoms with Crippen LogP contribution in [0.15, 0.2) is 29.3 Å². The van der Waals surface area contributed by atoms with Gasteiger partial charge < -0.3 is 25.6 Å². The molecule has 0 heterocycles. The predicted molar refractivity (Wildman–Crippen MR) is 111 cm³/mol. The fourth-order valence-electron chi connectivity index (χ4n) is 2.34. The molecule has 0 bridgehead atoms. The quantitative estimate of drug-likeness (QED) is 0.292. The molecule has 7 nitrogen and oxygen atoms in total. The summed E-state index contributed by atoms with van der Waals surface area (Å²) in [6.07, 6.45) is 0.931. The molecule has 0 fully saturated rings. The van der Waals surface area contributed by atoms with Crippen molar-refractivity contribution in [2.24, 2.45) is 4.99 Å². The summed E-state index contributed by atoms with van der Waals surface area (Å²) in [6.45, 7) is 9.08. The van der Waals surface area contributed by atoms with E-state index >= 15 is 0 Å². The molecule has 152 valence electrons. The summed E-state index contributed by atoms with van der Waals surface area (Å²) in [5, 5.41) is 9.47. The number of hydrogen-bond donors (Lipinski definition) is 3. The Hall–Kier alpha value is -2.12. The molecule has 27 heavy (non-hydrogen) atoms. The van der Waals surface area contributed by atoms with Crippen molar-refractivity contribution in [2.75, 3.05) is 53.5 Å². The van der Waals surface area contributed by atoms with Crippen molar-refractivity contribution in [3.8, 4) is 0 Å². The lowest BCUT2D eigenvalue weighted by molar-refractivity contribution is 0.0951. The number of carbonyl (C=O) groups excluding carboxylic acids is 1. The van der Waals surface area contributed by atoms with Crippen LogP contribution in [0.25, 0.3) is 0 Å². The summed E-state index contributed by atoms with van der Waals surface area (Å²) in [6, 6.07) is 7.61. The zero-order chi connectivity index (χ0) is 19.9. The van der Waals surface area contributed by atoms with Gasteiger partial charge in [-0.05, 0) is 52.1 Å². The molecular formula is C20H35N5O2. The van der Waals surface area contributed by atoms with Crippen molar-refractivity contribution in [1.29, 1.82) is 0 Å². The van der Waals surface area contributed by atoms with Gasteiger partial charge in [-0.15, -0.1) is 0 Å². The van der Waals surface area contributed by atoms with Gasteiger partial charge in [0, 0.05) is 45.0 Å². The number of likely N-dealkylation sites (N-methyl/N-ethyl adjacent to an activating group) is 1. The maximum absolute atomic E-state index is 12.2. The molecule has 0 aliphatic rings. The second-order valence-corrected chi connectivity index (χ2v) is 6.43. The molecule has 1 rings (SSSR count). The fourth-order valence-corrected chi connectivity index (χ4v) is 2.34. The minimum atomic E-state index is -0.0522. The van der Waals surface area contributed by atoms with Crippen LogP contribution in [0, 0.1) is 0 Å². The van der Waals surface area contributed by atoms with Gasteiger partial charge in [0.15, 0.2) is 5.96 Å². The Kier molecular flexibility index (Phi) is 11.9. The number of carbonyl (C=O) groups is 1. The number of nitrogens with zero attached hydrogens (tertiary/aromatic N) is 2. The number of nitrogens with one attached hydrogen (secondary N) is 3. The highest BCUT2D eigenvalue weighted by Crippen LogP contribution is 2.06. The van der Waals surface area contributed by atoms with E-state index in [9.17, 15) is 4.79 Å². The van der Waals surface area contributed by atoms with Crippen molar-refractivity contribution in [1.82, 2.24) is 20.9 Å². The lowest BCUT2D eigenvalue weighted by atomic mass is 10.1. The molecule has 1 aromatic rings. The summed E-state index contributed by atoms with van der Waals surface area (Å²) in [5.41, 5.74) is 1.66. The van der Waals surface area contributed by atoms with Crippen LogP contribution >= 0.6 is 0 Å². The molecule has 0 unspecified atom stereocenters. The van der Waals surface area contributed by atoms with Gasteiger partial charge in [0.2, 0.25) is 0 Å². The first-order valence-corrected chi connectivity index (χ1v) is 9.68. The average Bonchev–Trinajstić information content (AvgIpc) is 2.65. The number of amides is 1. The summed E-state index contributed by atoms with van der Waals surface area (Å²) < 4.78 is 5.34. The molecule has 0 aromatic heterocycles. The van der Waals surface area contributed by atoms with Crippen LogP contribution in [0.3, 0.4) is 0 Å². The molecule has 0 atom stereocenters. The van der Waals surface area contributed by atoms with E-state index in [0.29, 0.717) is 18.7 Å². The van der Waals surface area contributed by atoms with Crippen LogP contribution in [-0.2, 0) is 11.3 Å². The Morgan fingerprint density at radius 2 is 1.96 bits per heavy atom. The summed E-state index contributed by atoms with van der Waals surface area (Å²) in [5.74, 6) is 0.721. The van der Waals surface area contributed by atoms with Crippen molar-refractivity contribution in [2.45, 2.75) is 26.8 Å². The predicted octanol–water partition coefficient (Wildman–Crippen LogP) is 1.46. The first kappa shape index (κ1) is 22.9. The first-order chi connectivity index (χ1) is 13.1. The highest BCUT2D eigenvalue weighted by Gasteiger charge is 2.06. The minimum absolute atomic E-state index is 0.0522. The number of aliphatic imine (C=N–C) groups is 1. The normalized spacial score (nSPS) is 11.5. The van der Waals surface area contributed by atoms with E-state index in [2.05, 4.69) is 20.9 Å². The van der Waals surface area contributed by atoms with Crippen molar-refractivity contribution < 1.29 is 9.53 Å². The molecular weight excluding hydrogens is 342 g/mol. The van der Waals surface area contributed by atoms with Crippen molar-refractivity contribution in [3.63, 3.8) is 0 Å². The average molecular weight is 378 g/mol. The van der Waals surface area contributed by atoms with Crippen LogP contribution in [0.5, 0.6) is 0 Å². The van der Waals surface area contributed by atoms with Crippen LogP contribution in [0.1, 0.15) is 36.2 Å². The highest BCUT2D eigenvalue weighted by molar-refractivity contribution is 5.94. The number of benzene rings is 1. The second kappa shape index (κ2) is 14.0. The largest absolute Gasteiger partial charge is 0.382 e. The molecule has 0 spiro atoms. The molecule has 1 amide bonds. The number of ether oxygens (including phenoxy) is 1. The molecule has 7 heteroatoms. The van der Waals surface area contributed by atoms with Crippen LogP contribution in [0.4, 0.5) is 0 Å². The van der Waals surface area contributed by atoms with E-state index in [-0.39, 0.29) is 5.91 Å². The van der Waals surface area contributed by atoms with Crippen LogP contribution < -0.4 is 16.0 Å². The highest BCUT2D eigenvalue weighted by atomic mass is 16.5. The van der Waals surface area contributed by atoms with E-state index in [4.69, 9.17) is 4.74 Å². The van der Waals surface area contributed by atoms with Crippen molar-refractivity contribution >= 4 is 11.9 Å². The topological polar surface area (TPSA) is 78.0 Å². The molecule has 1 aromatic carbocycles. The first-order valence-electron chi connectivity index (χ1n) is 9.68. The Morgan fingerprint density at radius 1 is 1.15 bits per heavy atom. The monoisotopic (exact) mass is 377 g/mol. The third-order valence-electron chi connectivity index (χ3n) is 3.76. The lowest BCUT2D eigenvalue weighted by Gasteiger charge is -2.12. The minimum Gasteiger partial charge on any atom is -0.382 e. The number of hydrogen-bond acceptors (Lipinski definition) is 4. The Labute approximate surface area is 163 Å². The zero-order valence-electron chi connectivity index (χ0n) is 17.2. The van der Waals surface area contributed by atoms with E-state index in [1.165, 1.54) is 0 Å². The summed E-state index contributed by atoms with van der Waals surface area (Å²) >= 11 is 0. The van der Waals surface area contributed by atoms with Crippen molar-refractivity contribution in [3.05, 3.63) is 35.4 Å². The van der Waals surface area contributed by atoms with Gasteiger partial charge in [-0.25, -0.2) is 4.99 Å². The maximum Gasteiger partial charge on any atom is 0.251 e. The van der Waals surface area contributed by atoms with E-state index in [1.54, 1.807) is 0 Å². The molecule has 0 aliphatic carbocycles. The van der Waals surface area contributed by atoms with Gasteiger partial charge in [0.25, 0.3) is 5.91 Å². The molecule has 0 saturated heterocycles. The smallest absolute Gasteiger partial charge is 0.251 e. The zero-order valence-corrected chi connectivity index (χ0v) is 17.2. The van der Waals surface area contributed by atoms with Gasteiger partial charge in [0.05, 0.1) is 6.54 Å². The standard InChI is InChI=1S/C20H35N5O2/c1-5-21-20(23-11-8-14-27-6-2)24-16-17-9-7-10-18(15-17)19(26)22-12-13-25(3)4/h7,9-10,15H,5-6,8,11-14,16H2,1-4H3,(H,22,26)(H2,21,23,24). The third kappa shape index (κ3) is 10.6.